The summed E-state index contributed by atoms with van der Waals surface area (Å²) < 4.78 is 44.9. The third-order valence-electron chi connectivity index (χ3n) is 2.44. The van der Waals surface area contributed by atoms with Gasteiger partial charge in [-0.25, -0.2) is 0 Å². The molecule has 0 unspecified atom stereocenters. The number of aryl methyl sites for hydroxylation is 1. The van der Waals surface area contributed by atoms with Crippen LogP contribution in [-0.2, 0) is 4.74 Å². The predicted molar refractivity (Wildman–Crippen MR) is 64.5 cm³/mol. The van der Waals surface area contributed by atoms with Crippen LogP contribution in [0.1, 0.15) is 41.6 Å². The summed E-state index contributed by atoms with van der Waals surface area (Å²) in [5.41, 5.74) is 0.776. The zero-order valence-corrected chi connectivity index (χ0v) is 11.5. The molecule has 0 atom stereocenters. The molecule has 1 N–H and O–H groups in total. The number of hydrogen-bond acceptors (Lipinski definition) is 4. The molecule has 1 aromatic heterocycles. The van der Waals surface area contributed by atoms with Crippen molar-refractivity contribution < 1.29 is 27.2 Å². The van der Waals surface area contributed by atoms with Crippen molar-refractivity contribution in [3.05, 3.63) is 17.0 Å². The molecule has 0 aliphatic carbocycles. The van der Waals surface area contributed by atoms with Gasteiger partial charge in [-0.05, 0) is 6.92 Å². The monoisotopic (exact) mass is 294 g/mol. The van der Waals surface area contributed by atoms with Crippen LogP contribution in [0.2, 0.25) is 0 Å². The van der Waals surface area contributed by atoms with E-state index in [9.17, 15) is 18.0 Å². The Hall–Kier alpha value is -1.57. The summed E-state index contributed by atoms with van der Waals surface area (Å²) in [5, 5.41) is 6.20. The van der Waals surface area contributed by atoms with E-state index >= 15 is 0 Å². The number of aromatic nitrogens is 1. The number of ether oxygens (including phenoxy) is 1. The average Bonchev–Trinajstić information content (AvgIpc) is 2.69. The maximum absolute atomic E-state index is 11.9. The zero-order chi connectivity index (χ0) is 15.3. The number of carbonyl (C=O) groups is 1. The molecule has 20 heavy (non-hydrogen) atoms. The van der Waals surface area contributed by atoms with E-state index < -0.39 is 18.7 Å². The SMILES string of the molecule is Cc1noc(C(C)C)c1C(=O)NCCOCC(F)(F)F. The molecule has 1 rings (SSSR count). The van der Waals surface area contributed by atoms with Crippen molar-refractivity contribution in [3.63, 3.8) is 0 Å². The van der Waals surface area contributed by atoms with E-state index in [-0.39, 0.29) is 19.1 Å². The van der Waals surface area contributed by atoms with Gasteiger partial charge in [-0.15, -0.1) is 0 Å². The van der Waals surface area contributed by atoms with Crippen LogP contribution in [0.4, 0.5) is 13.2 Å². The quantitative estimate of drug-likeness (QED) is 0.818. The Morgan fingerprint density at radius 1 is 1.45 bits per heavy atom. The molecule has 0 saturated heterocycles. The van der Waals surface area contributed by atoms with Crippen molar-refractivity contribution in [2.45, 2.75) is 32.9 Å². The molecule has 0 aromatic carbocycles. The van der Waals surface area contributed by atoms with Crippen molar-refractivity contribution in [2.24, 2.45) is 0 Å². The molecule has 1 aromatic rings. The van der Waals surface area contributed by atoms with Crippen molar-refractivity contribution >= 4 is 5.91 Å². The van der Waals surface area contributed by atoms with Crippen molar-refractivity contribution in [1.82, 2.24) is 10.5 Å². The Kier molecular flexibility index (Phi) is 5.55. The van der Waals surface area contributed by atoms with Gasteiger partial charge in [0.1, 0.15) is 12.2 Å². The zero-order valence-electron chi connectivity index (χ0n) is 11.5. The van der Waals surface area contributed by atoms with E-state index in [2.05, 4.69) is 15.2 Å². The molecule has 0 bridgehead atoms. The normalized spacial score (nSPS) is 11.9. The van der Waals surface area contributed by atoms with Crippen molar-refractivity contribution in [3.8, 4) is 0 Å². The van der Waals surface area contributed by atoms with Crippen LogP contribution in [-0.4, -0.2) is 37.0 Å². The maximum Gasteiger partial charge on any atom is 0.411 e. The predicted octanol–water partition coefficient (Wildman–Crippen LogP) is 2.42. The molecular weight excluding hydrogens is 277 g/mol. The minimum absolute atomic E-state index is 0.0153. The Bertz CT molecular complexity index is 455. The number of halogens is 3. The van der Waals surface area contributed by atoms with Crippen LogP contribution in [0.5, 0.6) is 0 Å². The molecule has 114 valence electrons. The summed E-state index contributed by atoms with van der Waals surface area (Å²) >= 11 is 0. The number of hydrogen-bond donors (Lipinski definition) is 1. The average molecular weight is 294 g/mol. The highest BCUT2D eigenvalue weighted by Crippen LogP contribution is 2.21. The van der Waals surface area contributed by atoms with E-state index in [4.69, 9.17) is 4.52 Å². The molecular formula is C12H17F3N2O3. The van der Waals surface area contributed by atoms with Gasteiger partial charge >= 0.3 is 6.18 Å². The molecule has 0 fully saturated rings. The Labute approximate surface area is 114 Å². The molecule has 5 nitrogen and oxygen atoms in total. The smallest absolute Gasteiger partial charge is 0.370 e. The Balaban J connectivity index is 2.46. The lowest BCUT2D eigenvalue weighted by atomic mass is 10.0. The second kappa shape index (κ2) is 6.74. The molecule has 1 amide bonds. The van der Waals surface area contributed by atoms with E-state index in [0.29, 0.717) is 17.0 Å². The number of carbonyl (C=O) groups excluding carboxylic acids is 1. The van der Waals surface area contributed by atoms with Crippen LogP contribution in [0.3, 0.4) is 0 Å². The fraction of sp³-hybridized carbons (Fsp3) is 0.667. The molecule has 8 heteroatoms. The van der Waals surface area contributed by atoms with Gasteiger partial charge < -0.3 is 14.6 Å². The van der Waals surface area contributed by atoms with Gasteiger partial charge in [0.15, 0.2) is 5.76 Å². The first-order valence-electron chi connectivity index (χ1n) is 6.11. The largest absolute Gasteiger partial charge is 0.411 e. The minimum atomic E-state index is -4.36. The van der Waals surface area contributed by atoms with Gasteiger partial charge in [0.05, 0.1) is 12.3 Å². The van der Waals surface area contributed by atoms with Crippen LogP contribution < -0.4 is 5.32 Å². The van der Waals surface area contributed by atoms with E-state index in [1.54, 1.807) is 6.92 Å². The van der Waals surface area contributed by atoms with Crippen molar-refractivity contribution in [2.75, 3.05) is 19.8 Å². The number of nitrogens with one attached hydrogen (secondary N) is 1. The van der Waals surface area contributed by atoms with Crippen molar-refractivity contribution in [1.29, 1.82) is 0 Å². The lowest BCUT2D eigenvalue weighted by molar-refractivity contribution is -0.173. The molecule has 0 saturated carbocycles. The summed E-state index contributed by atoms with van der Waals surface area (Å²) in [7, 11) is 0. The lowest BCUT2D eigenvalue weighted by Crippen LogP contribution is -2.29. The van der Waals surface area contributed by atoms with Gasteiger partial charge in [-0.1, -0.05) is 19.0 Å². The third-order valence-corrected chi connectivity index (χ3v) is 2.44. The van der Waals surface area contributed by atoms with Gasteiger partial charge in [0.2, 0.25) is 0 Å². The lowest BCUT2D eigenvalue weighted by Gasteiger charge is -2.09. The highest BCUT2D eigenvalue weighted by Gasteiger charge is 2.27. The number of rotatable bonds is 6. The Morgan fingerprint density at radius 2 is 2.10 bits per heavy atom. The highest BCUT2D eigenvalue weighted by molar-refractivity contribution is 5.96. The third kappa shape index (κ3) is 4.84. The van der Waals surface area contributed by atoms with Crippen LogP contribution >= 0.6 is 0 Å². The minimum Gasteiger partial charge on any atom is -0.370 e. The standard InChI is InChI=1S/C12H17F3N2O3/c1-7(2)10-9(8(3)17-20-10)11(18)16-4-5-19-6-12(13,14)15/h7H,4-6H2,1-3H3,(H,16,18). The maximum atomic E-state index is 11.9. The van der Waals surface area contributed by atoms with Crippen LogP contribution in [0.25, 0.3) is 0 Å². The van der Waals surface area contributed by atoms with E-state index in [1.807, 2.05) is 13.8 Å². The first-order valence-corrected chi connectivity index (χ1v) is 6.11. The second-order valence-corrected chi connectivity index (χ2v) is 4.59. The first-order chi connectivity index (χ1) is 9.22. The summed E-state index contributed by atoms with van der Waals surface area (Å²) in [5.74, 6) is 0.0118. The topological polar surface area (TPSA) is 64.4 Å². The summed E-state index contributed by atoms with van der Waals surface area (Å²) in [6.45, 7) is 3.77. The number of nitrogens with zero attached hydrogens (tertiary/aromatic N) is 1. The first kappa shape index (κ1) is 16.5. The number of amides is 1. The van der Waals surface area contributed by atoms with E-state index in [1.165, 1.54) is 0 Å². The Morgan fingerprint density at radius 3 is 2.65 bits per heavy atom. The molecule has 0 spiro atoms. The van der Waals surface area contributed by atoms with Gasteiger partial charge in [0.25, 0.3) is 5.91 Å². The van der Waals surface area contributed by atoms with Gasteiger partial charge in [-0.2, -0.15) is 13.2 Å². The fourth-order valence-corrected chi connectivity index (χ4v) is 1.57. The van der Waals surface area contributed by atoms with Crippen LogP contribution in [0.15, 0.2) is 4.52 Å². The molecule has 1 heterocycles. The summed E-state index contributed by atoms with van der Waals surface area (Å²) in [4.78, 5) is 11.9. The second-order valence-electron chi connectivity index (χ2n) is 4.59. The molecule has 0 radical (unpaired) electrons. The highest BCUT2D eigenvalue weighted by atomic mass is 19.4. The fourth-order valence-electron chi connectivity index (χ4n) is 1.57. The van der Waals surface area contributed by atoms with Crippen LogP contribution in [0, 0.1) is 6.92 Å². The molecule has 0 aliphatic heterocycles. The van der Waals surface area contributed by atoms with Gasteiger partial charge in [0, 0.05) is 12.5 Å². The summed E-state index contributed by atoms with van der Waals surface area (Å²) in [6, 6.07) is 0. The van der Waals surface area contributed by atoms with E-state index in [0.717, 1.165) is 0 Å². The van der Waals surface area contributed by atoms with Gasteiger partial charge in [-0.3, -0.25) is 4.79 Å². The summed E-state index contributed by atoms with van der Waals surface area (Å²) in [6.07, 6.45) is -4.36. The number of alkyl halides is 3. The molecule has 0 aliphatic rings.